The molecule has 0 fully saturated rings. The Balaban J connectivity index is 2.12. The van der Waals surface area contributed by atoms with E-state index >= 15 is 0 Å². The van der Waals surface area contributed by atoms with Crippen molar-refractivity contribution >= 4 is 23.1 Å². The highest BCUT2D eigenvalue weighted by Gasteiger charge is 2.13. The van der Waals surface area contributed by atoms with Crippen LogP contribution < -0.4 is 5.32 Å². The van der Waals surface area contributed by atoms with Gasteiger partial charge >= 0.3 is 0 Å². The molecule has 1 aromatic heterocycles. The minimum absolute atomic E-state index is 0.0757. The Morgan fingerprint density at radius 1 is 1.53 bits per heavy atom. The van der Waals surface area contributed by atoms with E-state index in [2.05, 4.69) is 20.5 Å². The monoisotopic (exact) mass is 279 g/mol. The highest BCUT2D eigenvalue weighted by Crippen LogP contribution is 2.28. The Hall–Kier alpha value is -2.09. The highest BCUT2D eigenvalue weighted by molar-refractivity contribution is 7.98. The van der Waals surface area contributed by atoms with Crippen LogP contribution in [0, 0.1) is 17.0 Å². The zero-order chi connectivity index (χ0) is 13.8. The second-order valence-electron chi connectivity index (χ2n) is 3.85. The first-order valence-corrected chi connectivity index (χ1v) is 6.55. The Morgan fingerprint density at radius 3 is 2.89 bits per heavy atom. The summed E-state index contributed by atoms with van der Waals surface area (Å²) >= 11 is 1.43. The summed E-state index contributed by atoms with van der Waals surface area (Å²) in [6, 6.07) is 5.13. The summed E-state index contributed by atoms with van der Waals surface area (Å²) in [6.45, 7) is 1.82. The smallest absolute Gasteiger partial charge is 0.292 e. The normalized spacial score (nSPS) is 10.4. The molecule has 1 aromatic carbocycles. The van der Waals surface area contributed by atoms with Gasteiger partial charge in [0, 0.05) is 18.9 Å². The van der Waals surface area contributed by atoms with Gasteiger partial charge in [-0.3, -0.25) is 15.2 Å². The predicted molar refractivity (Wildman–Crippen MR) is 73.3 cm³/mol. The summed E-state index contributed by atoms with van der Waals surface area (Å²) in [6.07, 6.45) is 0. The van der Waals surface area contributed by atoms with E-state index < -0.39 is 4.92 Å². The highest BCUT2D eigenvalue weighted by atomic mass is 32.2. The topological polar surface area (TPSA) is 96.7 Å². The third-order valence-corrected chi connectivity index (χ3v) is 3.39. The van der Waals surface area contributed by atoms with Crippen molar-refractivity contribution in [2.75, 3.05) is 12.4 Å². The van der Waals surface area contributed by atoms with E-state index in [4.69, 9.17) is 0 Å². The molecule has 0 bridgehead atoms. The van der Waals surface area contributed by atoms with Crippen LogP contribution in [0.25, 0.3) is 0 Å². The van der Waals surface area contributed by atoms with Crippen molar-refractivity contribution in [1.29, 1.82) is 0 Å². The molecule has 0 radical (unpaired) electrons. The number of nitro groups is 1. The molecule has 0 unspecified atom stereocenters. The zero-order valence-corrected chi connectivity index (χ0v) is 11.3. The first-order valence-electron chi connectivity index (χ1n) is 5.57. The third kappa shape index (κ3) is 3.22. The molecule has 0 aliphatic heterocycles. The number of benzene rings is 1. The molecule has 0 amide bonds. The summed E-state index contributed by atoms with van der Waals surface area (Å²) in [4.78, 5) is 14.7. The lowest BCUT2D eigenvalue weighted by molar-refractivity contribution is -0.384. The van der Waals surface area contributed by atoms with Crippen molar-refractivity contribution in [2.24, 2.45) is 0 Å². The second-order valence-corrected chi connectivity index (χ2v) is 4.79. The van der Waals surface area contributed by atoms with E-state index in [1.807, 2.05) is 13.0 Å². The number of nitrogens with zero attached hydrogens (tertiary/aromatic N) is 3. The van der Waals surface area contributed by atoms with Gasteiger partial charge in [-0.05, 0) is 18.6 Å². The summed E-state index contributed by atoms with van der Waals surface area (Å²) in [5, 5.41) is 21.1. The molecule has 0 atom stereocenters. The van der Waals surface area contributed by atoms with Crippen LogP contribution in [0.1, 0.15) is 11.4 Å². The first-order chi connectivity index (χ1) is 9.10. The molecule has 0 spiro atoms. The van der Waals surface area contributed by atoms with Gasteiger partial charge in [0.05, 0.1) is 4.92 Å². The number of rotatable bonds is 5. The molecular formula is C11H13N5O2S. The molecule has 8 heteroatoms. The van der Waals surface area contributed by atoms with Gasteiger partial charge in [-0.2, -0.15) is 0 Å². The van der Waals surface area contributed by atoms with Crippen LogP contribution in [-0.4, -0.2) is 27.2 Å². The minimum atomic E-state index is -0.392. The maximum atomic E-state index is 10.9. The van der Waals surface area contributed by atoms with Crippen LogP contribution >= 0.6 is 11.8 Å². The summed E-state index contributed by atoms with van der Waals surface area (Å²) in [5.74, 6) is 1.33. The molecule has 2 rings (SSSR count). The van der Waals surface area contributed by atoms with Crippen molar-refractivity contribution in [3.05, 3.63) is 39.7 Å². The van der Waals surface area contributed by atoms with E-state index in [-0.39, 0.29) is 5.69 Å². The van der Waals surface area contributed by atoms with Gasteiger partial charge in [0.25, 0.3) is 5.69 Å². The molecule has 2 aromatic rings. The standard InChI is InChI=1S/C11H13N5O2S/c1-7-13-11(15-14-7)19-6-8-3-4-9(12-2)10(5-8)16(17)18/h3-5,12H,6H2,1-2H3,(H,13,14,15). The van der Waals surface area contributed by atoms with Crippen LogP contribution in [0.4, 0.5) is 11.4 Å². The molecule has 7 nitrogen and oxygen atoms in total. The molecule has 19 heavy (non-hydrogen) atoms. The van der Waals surface area contributed by atoms with Crippen molar-refractivity contribution in [2.45, 2.75) is 17.8 Å². The molecule has 0 saturated heterocycles. The van der Waals surface area contributed by atoms with Gasteiger partial charge in [0.15, 0.2) is 0 Å². The fourth-order valence-corrected chi connectivity index (χ4v) is 2.35. The Labute approximate surface area is 114 Å². The van der Waals surface area contributed by atoms with Crippen molar-refractivity contribution < 1.29 is 4.92 Å². The first kappa shape index (κ1) is 13.3. The van der Waals surface area contributed by atoms with Crippen molar-refractivity contribution in [1.82, 2.24) is 15.2 Å². The SMILES string of the molecule is CNc1ccc(CSc2n[nH]c(C)n2)cc1[N+](=O)[O-]. The van der Waals surface area contributed by atoms with Crippen LogP contribution in [0.5, 0.6) is 0 Å². The number of nitrogens with one attached hydrogen (secondary N) is 2. The number of H-pyrrole nitrogens is 1. The fraction of sp³-hybridized carbons (Fsp3) is 0.273. The quantitative estimate of drug-likeness (QED) is 0.495. The number of nitro benzene ring substituents is 1. The number of aromatic nitrogens is 3. The molecule has 0 saturated carbocycles. The Morgan fingerprint density at radius 2 is 2.32 bits per heavy atom. The Kier molecular flexibility index (Phi) is 4.00. The molecule has 0 aliphatic rings. The lowest BCUT2D eigenvalue weighted by atomic mass is 10.2. The molecule has 2 N–H and O–H groups in total. The predicted octanol–water partition coefficient (Wildman–Crippen LogP) is 2.36. The average molecular weight is 279 g/mol. The van der Waals surface area contributed by atoms with Gasteiger partial charge < -0.3 is 5.32 Å². The van der Waals surface area contributed by atoms with Gasteiger partial charge in [-0.1, -0.05) is 17.8 Å². The Bertz CT molecular complexity index is 599. The number of aryl methyl sites for hydroxylation is 1. The third-order valence-electron chi connectivity index (χ3n) is 2.47. The van der Waals surface area contributed by atoms with E-state index in [0.29, 0.717) is 16.6 Å². The maximum absolute atomic E-state index is 10.9. The van der Waals surface area contributed by atoms with Crippen LogP contribution in [0.2, 0.25) is 0 Å². The molecule has 0 aliphatic carbocycles. The van der Waals surface area contributed by atoms with E-state index in [1.54, 1.807) is 19.2 Å². The fourth-order valence-electron chi connectivity index (χ4n) is 1.56. The average Bonchev–Trinajstić information content (AvgIpc) is 2.81. The van der Waals surface area contributed by atoms with Gasteiger partial charge in [0.1, 0.15) is 11.5 Å². The summed E-state index contributed by atoms with van der Waals surface area (Å²) in [5.41, 5.74) is 1.44. The number of anilines is 1. The molecule has 1 heterocycles. The van der Waals surface area contributed by atoms with Crippen LogP contribution in [-0.2, 0) is 5.75 Å². The van der Waals surface area contributed by atoms with Gasteiger partial charge in [-0.25, -0.2) is 4.98 Å². The van der Waals surface area contributed by atoms with Crippen LogP contribution in [0.15, 0.2) is 23.4 Å². The van der Waals surface area contributed by atoms with Crippen molar-refractivity contribution in [3.63, 3.8) is 0 Å². The molecule has 100 valence electrons. The largest absolute Gasteiger partial charge is 0.383 e. The van der Waals surface area contributed by atoms with E-state index in [9.17, 15) is 10.1 Å². The van der Waals surface area contributed by atoms with Crippen LogP contribution in [0.3, 0.4) is 0 Å². The van der Waals surface area contributed by atoms with Gasteiger partial charge in [-0.15, -0.1) is 5.10 Å². The zero-order valence-electron chi connectivity index (χ0n) is 10.5. The number of hydrogen-bond acceptors (Lipinski definition) is 6. The molecular weight excluding hydrogens is 266 g/mol. The van der Waals surface area contributed by atoms with E-state index in [1.165, 1.54) is 11.8 Å². The number of aromatic amines is 1. The number of thioether (sulfide) groups is 1. The maximum Gasteiger partial charge on any atom is 0.292 e. The lowest BCUT2D eigenvalue weighted by Gasteiger charge is -2.04. The second kappa shape index (κ2) is 5.70. The minimum Gasteiger partial charge on any atom is -0.383 e. The lowest BCUT2D eigenvalue weighted by Crippen LogP contribution is -1.97. The van der Waals surface area contributed by atoms with Gasteiger partial charge in [0.2, 0.25) is 5.16 Å². The van der Waals surface area contributed by atoms with E-state index in [0.717, 1.165) is 11.4 Å². The summed E-state index contributed by atoms with van der Waals surface area (Å²) in [7, 11) is 1.66. The summed E-state index contributed by atoms with van der Waals surface area (Å²) < 4.78 is 0. The number of hydrogen-bond donors (Lipinski definition) is 2. The van der Waals surface area contributed by atoms with Crippen molar-refractivity contribution in [3.8, 4) is 0 Å².